The lowest BCUT2D eigenvalue weighted by atomic mass is 10.2. The molecule has 2 aromatic rings. The number of rotatable bonds is 7. The Morgan fingerprint density at radius 2 is 1.73 bits per heavy atom. The van der Waals surface area contributed by atoms with Crippen molar-refractivity contribution in [2.24, 2.45) is 0 Å². The van der Waals surface area contributed by atoms with E-state index in [1.165, 1.54) is 19.2 Å². The number of methoxy groups -OCH3 is 1. The van der Waals surface area contributed by atoms with Gasteiger partial charge >= 0.3 is 5.97 Å². The number of nitrogens with zero attached hydrogens (tertiary/aromatic N) is 1. The maximum atomic E-state index is 12.4. The van der Waals surface area contributed by atoms with Crippen LogP contribution in [0.1, 0.15) is 51.1 Å². The number of anilines is 1. The Kier molecular flexibility index (Phi) is 6.84. The van der Waals surface area contributed by atoms with Gasteiger partial charge in [0.25, 0.3) is 11.8 Å². The Morgan fingerprint density at radius 1 is 1.04 bits per heavy atom. The highest BCUT2D eigenvalue weighted by molar-refractivity contribution is 6.04. The van der Waals surface area contributed by atoms with Gasteiger partial charge in [-0.05, 0) is 36.8 Å². The topological polar surface area (TPSA) is 97.4 Å². The summed E-state index contributed by atoms with van der Waals surface area (Å²) in [6.45, 7) is 2.60. The second kappa shape index (κ2) is 9.31. The van der Waals surface area contributed by atoms with Gasteiger partial charge in [-0.3, -0.25) is 9.59 Å². The zero-order chi connectivity index (χ0) is 18.9. The van der Waals surface area contributed by atoms with E-state index in [9.17, 15) is 14.4 Å². The Balaban J connectivity index is 2.09. The normalized spacial score (nSPS) is 10.1. The largest absolute Gasteiger partial charge is 0.465 e. The van der Waals surface area contributed by atoms with Gasteiger partial charge in [0, 0.05) is 12.2 Å². The third kappa shape index (κ3) is 5.14. The molecule has 7 heteroatoms. The molecule has 2 amide bonds. The molecule has 2 N–H and O–H groups in total. The standard InChI is InChI=1S/C19H21N3O4/c1-3-4-11-20-17(23)15-9-6-10-16(22-15)18(24)21-14-8-5-7-13(12-14)19(25)26-2/h5-10,12H,3-4,11H2,1-2H3,(H,20,23)(H,21,24). The van der Waals surface area contributed by atoms with Crippen molar-refractivity contribution in [3.05, 3.63) is 59.4 Å². The van der Waals surface area contributed by atoms with Crippen LogP contribution in [-0.4, -0.2) is 36.4 Å². The van der Waals surface area contributed by atoms with E-state index in [0.717, 1.165) is 12.8 Å². The molecule has 0 fully saturated rings. The molecular formula is C19H21N3O4. The number of carbonyl (C=O) groups excluding carboxylic acids is 3. The van der Waals surface area contributed by atoms with E-state index in [1.54, 1.807) is 30.3 Å². The molecule has 7 nitrogen and oxygen atoms in total. The predicted molar refractivity (Wildman–Crippen MR) is 97.2 cm³/mol. The smallest absolute Gasteiger partial charge is 0.337 e. The first-order valence-corrected chi connectivity index (χ1v) is 8.30. The van der Waals surface area contributed by atoms with Gasteiger partial charge in [0.15, 0.2) is 0 Å². The summed E-state index contributed by atoms with van der Waals surface area (Å²) in [6.07, 6.45) is 1.85. The molecule has 1 heterocycles. The van der Waals surface area contributed by atoms with Crippen molar-refractivity contribution in [1.82, 2.24) is 10.3 Å². The second-order valence-electron chi connectivity index (χ2n) is 5.54. The van der Waals surface area contributed by atoms with E-state index in [1.807, 2.05) is 6.92 Å². The van der Waals surface area contributed by atoms with Crippen molar-refractivity contribution in [2.75, 3.05) is 19.0 Å². The molecule has 26 heavy (non-hydrogen) atoms. The highest BCUT2D eigenvalue weighted by atomic mass is 16.5. The molecule has 0 radical (unpaired) electrons. The fraction of sp³-hybridized carbons (Fsp3) is 0.263. The Hall–Kier alpha value is -3.22. The Morgan fingerprint density at radius 3 is 2.42 bits per heavy atom. The van der Waals surface area contributed by atoms with Crippen LogP contribution in [0.2, 0.25) is 0 Å². The van der Waals surface area contributed by atoms with E-state index in [4.69, 9.17) is 0 Å². The lowest BCUT2D eigenvalue weighted by Crippen LogP contribution is -2.26. The molecule has 1 aromatic carbocycles. The number of carbonyl (C=O) groups is 3. The summed E-state index contributed by atoms with van der Waals surface area (Å²) >= 11 is 0. The zero-order valence-electron chi connectivity index (χ0n) is 14.7. The van der Waals surface area contributed by atoms with Crippen LogP contribution in [0, 0.1) is 0 Å². The van der Waals surface area contributed by atoms with E-state index in [0.29, 0.717) is 17.8 Å². The third-order valence-corrected chi connectivity index (χ3v) is 3.57. The molecule has 0 atom stereocenters. The number of nitrogens with one attached hydrogen (secondary N) is 2. The van der Waals surface area contributed by atoms with Gasteiger partial charge in [-0.1, -0.05) is 25.5 Å². The van der Waals surface area contributed by atoms with E-state index >= 15 is 0 Å². The number of unbranched alkanes of at least 4 members (excludes halogenated alkanes) is 1. The average molecular weight is 355 g/mol. The van der Waals surface area contributed by atoms with Crippen LogP contribution in [0.25, 0.3) is 0 Å². The minimum Gasteiger partial charge on any atom is -0.465 e. The van der Waals surface area contributed by atoms with Crippen LogP contribution in [0.4, 0.5) is 5.69 Å². The van der Waals surface area contributed by atoms with Gasteiger partial charge in [-0.15, -0.1) is 0 Å². The number of esters is 1. The summed E-state index contributed by atoms with van der Waals surface area (Å²) in [5.41, 5.74) is 1.04. The summed E-state index contributed by atoms with van der Waals surface area (Å²) in [6, 6.07) is 11.0. The van der Waals surface area contributed by atoms with Crippen LogP contribution < -0.4 is 10.6 Å². The van der Waals surface area contributed by atoms with Gasteiger partial charge in [0.05, 0.1) is 12.7 Å². The highest BCUT2D eigenvalue weighted by Gasteiger charge is 2.13. The molecule has 0 spiro atoms. The number of pyridine rings is 1. The second-order valence-corrected chi connectivity index (χ2v) is 5.54. The quantitative estimate of drug-likeness (QED) is 0.588. The van der Waals surface area contributed by atoms with Crippen LogP contribution in [0.15, 0.2) is 42.5 Å². The number of amides is 2. The number of ether oxygens (including phenoxy) is 1. The Bertz CT molecular complexity index is 805. The van der Waals surface area contributed by atoms with Gasteiger partial charge in [0.1, 0.15) is 11.4 Å². The van der Waals surface area contributed by atoms with Crippen molar-refractivity contribution in [3.8, 4) is 0 Å². The lowest BCUT2D eigenvalue weighted by Gasteiger charge is -2.08. The molecule has 0 aliphatic rings. The third-order valence-electron chi connectivity index (χ3n) is 3.57. The van der Waals surface area contributed by atoms with Gasteiger partial charge in [-0.25, -0.2) is 9.78 Å². The zero-order valence-corrected chi connectivity index (χ0v) is 14.7. The molecule has 0 aliphatic carbocycles. The fourth-order valence-corrected chi connectivity index (χ4v) is 2.19. The minimum atomic E-state index is -0.495. The number of hydrogen-bond donors (Lipinski definition) is 2. The van der Waals surface area contributed by atoms with Gasteiger partial charge in [-0.2, -0.15) is 0 Å². The lowest BCUT2D eigenvalue weighted by molar-refractivity contribution is 0.0600. The molecule has 136 valence electrons. The number of aromatic nitrogens is 1. The molecular weight excluding hydrogens is 334 g/mol. The SMILES string of the molecule is CCCCNC(=O)c1cccc(C(=O)Nc2cccc(C(=O)OC)c2)n1. The Labute approximate surface area is 151 Å². The molecule has 1 aromatic heterocycles. The van der Waals surface area contributed by atoms with E-state index < -0.39 is 11.9 Å². The van der Waals surface area contributed by atoms with Crippen LogP contribution >= 0.6 is 0 Å². The summed E-state index contributed by atoms with van der Waals surface area (Å²) in [4.78, 5) is 40.1. The van der Waals surface area contributed by atoms with Crippen molar-refractivity contribution in [3.63, 3.8) is 0 Å². The van der Waals surface area contributed by atoms with Crippen LogP contribution in [0.3, 0.4) is 0 Å². The maximum Gasteiger partial charge on any atom is 0.337 e. The summed E-state index contributed by atoms with van der Waals surface area (Å²) in [7, 11) is 1.29. The predicted octanol–water partition coefficient (Wildman–Crippen LogP) is 2.65. The summed E-state index contributed by atoms with van der Waals surface area (Å²) in [5, 5.41) is 5.41. The molecule has 0 aliphatic heterocycles. The van der Waals surface area contributed by atoms with Crippen molar-refractivity contribution < 1.29 is 19.1 Å². The number of benzene rings is 1. The fourth-order valence-electron chi connectivity index (χ4n) is 2.19. The molecule has 0 saturated heterocycles. The van der Waals surface area contributed by atoms with Gasteiger partial charge in [0.2, 0.25) is 0 Å². The van der Waals surface area contributed by atoms with Crippen LogP contribution in [0.5, 0.6) is 0 Å². The molecule has 2 rings (SSSR count). The monoisotopic (exact) mass is 355 g/mol. The van der Waals surface area contributed by atoms with Gasteiger partial charge < -0.3 is 15.4 Å². The summed E-state index contributed by atoms with van der Waals surface area (Å²) in [5.74, 6) is -1.29. The van der Waals surface area contributed by atoms with Crippen molar-refractivity contribution in [2.45, 2.75) is 19.8 Å². The van der Waals surface area contributed by atoms with Crippen molar-refractivity contribution in [1.29, 1.82) is 0 Å². The van der Waals surface area contributed by atoms with Crippen molar-refractivity contribution >= 4 is 23.5 Å². The average Bonchev–Trinajstić information content (AvgIpc) is 2.67. The highest BCUT2D eigenvalue weighted by Crippen LogP contribution is 2.13. The minimum absolute atomic E-state index is 0.108. The molecule has 0 unspecified atom stereocenters. The van der Waals surface area contributed by atoms with E-state index in [-0.39, 0.29) is 17.3 Å². The molecule has 0 saturated carbocycles. The van der Waals surface area contributed by atoms with E-state index in [2.05, 4.69) is 20.4 Å². The first-order valence-electron chi connectivity index (χ1n) is 8.30. The summed E-state index contributed by atoms with van der Waals surface area (Å²) < 4.78 is 4.65. The number of hydrogen-bond acceptors (Lipinski definition) is 5. The first-order chi connectivity index (χ1) is 12.5. The molecule has 0 bridgehead atoms. The first kappa shape index (κ1) is 19.1. The van der Waals surface area contributed by atoms with Crippen LogP contribution in [-0.2, 0) is 4.74 Å². The maximum absolute atomic E-state index is 12.4.